The molecule has 104 valence electrons. The smallest absolute Gasteiger partial charge is 0.313 e. The van der Waals surface area contributed by atoms with Gasteiger partial charge in [0.15, 0.2) is 5.79 Å². The van der Waals surface area contributed by atoms with Gasteiger partial charge in [-0.25, -0.2) is 0 Å². The van der Waals surface area contributed by atoms with Crippen LogP contribution in [0, 0.1) is 17.3 Å². The van der Waals surface area contributed by atoms with Crippen LogP contribution in [-0.2, 0) is 23.8 Å². The van der Waals surface area contributed by atoms with Gasteiger partial charge in [0, 0.05) is 18.8 Å². The lowest BCUT2D eigenvalue weighted by Gasteiger charge is -2.38. The Morgan fingerprint density at radius 1 is 1.21 bits per heavy atom. The Kier molecular flexibility index (Phi) is 2.14. The monoisotopic (exact) mass is 268 g/mol. The third-order valence-electron chi connectivity index (χ3n) is 5.33. The summed E-state index contributed by atoms with van der Waals surface area (Å²) in [6.07, 6.45) is 2.15. The molecule has 0 aromatic heterocycles. The molecule has 6 heteroatoms. The first-order valence-corrected chi connectivity index (χ1v) is 6.80. The van der Waals surface area contributed by atoms with Crippen molar-refractivity contribution in [3.05, 3.63) is 0 Å². The van der Waals surface area contributed by atoms with E-state index in [0.717, 1.165) is 12.8 Å². The lowest BCUT2D eigenvalue weighted by molar-refractivity contribution is -0.198. The number of aliphatic carboxylic acids is 1. The molecule has 4 fully saturated rings. The van der Waals surface area contributed by atoms with E-state index in [1.165, 1.54) is 0 Å². The van der Waals surface area contributed by atoms with Gasteiger partial charge in [0.05, 0.1) is 24.5 Å². The maximum Gasteiger partial charge on any atom is 0.313 e. The molecule has 2 saturated heterocycles. The zero-order valence-corrected chi connectivity index (χ0v) is 10.5. The molecule has 2 aliphatic heterocycles. The second-order valence-electron chi connectivity index (χ2n) is 6.01. The SMILES string of the molecule is O=C(O)[C@@H]1CC2(OCCO2)[C@@H]2CC[C@@H]3C[C@@]12C(=O)O3. The standard InChI is InChI=1S/C13H16O6/c14-10(15)8-6-13(17-3-4-18-13)9-2-1-7-5-12(8,9)11(16)19-7/h7-9H,1-6H2,(H,14,15)/t7-,8+,9-,12-/m1/s1. The highest BCUT2D eigenvalue weighted by atomic mass is 16.7. The van der Waals surface area contributed by atoms with Gasteiger partial charge in [-0.15, -0.1) is 0 Å². The number of rotatable bonds is 1. The summed E-state index contributed by atoms with van der Waals surface area (Å²) in [6, 6.07) is 0. The maximum atomic E-state index is 12.3. The number of hydrogen-bond acceptors (Lipinski definition) is 5. The van der Waals surface area contributed by atoms with E-state index in [4.69, 9.17) is 14.2 Å². The molecule has 19 heavy (non-hydrogen) atoms. The summed E-state index contributed by atoms with van der Waals surface area (Å²) >= 11 is 0. The third kappa shape index (κ3) is 1.24. The van der Waals surface area contributed by atoms with Gasteiger partial charge >= 0.3 is 11.9 Å². The van der Waals surface area contributed by atoms with Crippen molar-refractivity contribution < 1.29 is 28.9 Å². The fraction of sp³-hybridized carbons (Fsp3) is 0.846. The second kappa shape index (κ2) is 3.49. The Bertz CT molecular complexity index is 454. The van der Waals surface area contributed by atoms with Crippen LogP contribution < -0.4 is 0 Å². The Morgan fingerprint density at radius 2 is 1.95 bits per heavy atom. The maximum absolute atomic E-state index is 12.3. The molecule has 0 aromatic rings. The molecule has 2 spiro atoms. The number of carbonyl (C=O) groups is 2. The van der Waals surface area contributed by atoms with Crippen molar-refractivity contribution >= 4 is 11.9 Å². The first-order chi connectivity index (χ1) is 9.08. The van der Waals surface area contributed by atoms with Crippen LogP contribution in [0.1, 0.15) is 25.7 Å². The molecule has 0 amide bonds. The Balaban J connectivity index is 1.84. The van der Waals surface area contributed by atoms with Crippen molar-refractivity contribution in [3.63, 3.8) is 0 Å². The van der Waals surface area contributed by atoms with E-state index in [2.05, 4.69) is 0 Å². The van der Waals surface area contributed by atoms with E-state index in [1.807, 2.05) is 0 Å². The van der Waals surface area contributed by atoms with Crippen LogP contribution in [0.3, 0.4) is 0 Å². The van der Waals surface area contributed by atoms with Crippen LogP contribution in [0.4, 0.5) is 0 Å². The van der Waals surface area contributed by atoms with Gasteiger partial charge in [0.25, 0.3) is 0 Å². The largest absolute Gasteiger partial charge is 0.481 e. The normalized spacial score (nSPS) is 46.3. The molecule has 4 rings (SSSR count). The van der Waals surface area contributed by atoms with E-state index in [-0.39, 0.29) is 24.4 Å². The Hall–Kier alpha value is -1.14. The molecular formula is C13H16O6. The zero-order chi connectivity index (χ0) is 13.3. The summed E-state index contributed by atoms with van der Waals surface area (Å²) in [5.41, 5.74) is -0.931. The fourth-order valence-corrected chi connectivity index (χ4v) is 4.66. The van der Waals surface area contributed by atoms with Crippen molar-refractivity contribution in [1.82, 2.24) is 0 Å². The Morgan fingerprint density at radius 3 is 2.63 bits per heavy atom. The third-order valence-corrected chi connectivity index (χ3v) is 5.33. The molecule has 0 radical (unpaired) electrons. The minimum atomic E-state index is -0.944. The van der Waals surface area contributed by atoms with E-state index in [9.17, 15) is 14.7 Å². The molecule has 2 saturated carbocycles. The van der Waals surface area contributed by atoms with Crippen molar-refractivity contribution in [2.75, 3.05) is 13.2 Å². The first kappa shape index (κ1) is 11.7. The molecule has 4 atom stereocenters. The number of esters is 1. The molecule has 0 aromatic carbocycles. The molecule has 2 aliphatic carbocycles. The number of carbonyl (C=O) groups excluding carboxylic acids is 1. The van der Waals surface area contributed by atoms with Gasteiger partial charge in [-0.1, -0.05) is 0 Å². The molecule has 6 nitrogen and oxygen atoms in total. The number of carboxylic acid groups (broad SMARTS) is 1. The van der Waals surface area contributed by atoms with Crippen LogP contribution >= 0.6 is 0 Å². The predicted molar refractivity (Wildman–Crippen MR) is 60.0 cm³/mol. The average Bonchev–Trinajstić information content (AvgIpc) is 3.01. The highest BCUT2D eigenvalue weighted by molar-refractivity contribution is 5.88. The molecule has 2 bridgehead atoms. The van der Waals surface area contributed by atoms with Gasteiger partial charge in [0.1, 0.15) is 6.10 Å². The van der Waals surface area contributed by atoms with Crippen molar-refractivity contribution in [2.24, 2.45) is 17.3 Å². The fourth-order valence-electron chi connectivity index (χ4n) is 4.66. The summed E-state index contributed by atoms with van der Waals surface area (Å²) in [7, 11) is 0. The zero-order valence-electron chi connectivity index (χ0n) is 10.5. The lowest BCUT2D eigenvalue weighted by Crippen LogP contribution is -2.46. The van der Waals surface area contributed by atoms with Gasteiger partial charge in [-0.3, -0.25) is 9.59 Å². The van der Waals surface area contributed by atoms with E-state index >= 15 is 0 Å². The molecule has 4 aliphatic rings. The van der Waals surface area contributed by atoms with Crippen LogP contribution in [0.2, 0.25) is 0 Å². The number of fused-ring (bicyclic) bond motifs is 2. The van der Waals surface area contributed by atoms with Crippen molar-refractivity contribution in [1.29, 1.82) is 0 Å². The van der Waals surface area contributed by atoms with Gasteiger partial charge in [-0.2, -0.15) is 0 Å². The van der Waals surface area contributed by atoms with Crippen LogP contribution in [-0.4, -0.2) is 42.1 Å². The summed E-state index contributed by atoms with van der Waals surface area (Å²) < 4.78 is 16.9. The number of ether oxygens (including phenoxy) is 3. The minimum Gasteiger partial charge on any atom is -0.481 e. The highest BCUT2D eigenvalue weighted by Gasteiger charge is 2.74. The predicted octanol–water partition coefficient (Wildman–Crippen LogP) is 0.546. The van der Waals surface area contributed by atoms with Crippen molar-refractivity contribution in [3.8, 4) is 0 Å². The molecule has 2 heterocycles. The van der Waals surface area contributed by atoms with Crippen LogP contribution in [0.5, 0.6) is 0 Å². The highest BCUT2D eigenvalue weighted by Crippen LogP contribution is 2.65. The van der Waals surface area contributed by atoms with Gasteiger partial charge in [-0.05, 0) is 12.8 Å². The molecule has 1 N–H and O–H groups in total. The Labute approximate surface area is 110 Å². The van der Waals surface area contributed by atoms with Crippen molar-refractivity contribution in [2.45, 2.75) is 37.6 Å². The summed E-state index contributed by atoms with van der Waals surface area (Å²) in [4.78, 5) is 23.9. The number of carboxylic acids is 1. The molecule has 0 unspecified atom stereocenters. The second-order valence-corrected chi connectivity index (χ2v) is 6.01. The summed E-state index contributed by atoms with van der Waals surface area (Å²) in [5, 5.41) is 9.51. The van der Waals surface area contributed by atoms with E-state index < -0.39 is 23.1 Å². The van der Waals surface area contributed by atoms with Crippen LogP contribution in [0.25, 0.3) is 0 Å². The van der Waals surface area contributed by atoms with E-state index in [1.54, 1.807) is 0 Å². The summed E-state index contributed by atoms with van der Waals surface area (Å²) in [5.74, 6) is -3.12. The van der Waals surface area contributed by atoms with Gasteiger partial charge in [0.2, 0.25) is 0 Å². The molecular weight excluding hydrogens is 252 g/mol. The number of hydrogen-bond donors (Lipinski definition) is 1. The topological polar surface area (TPSA) is 82.1 Å². The first-order valence-electron chi connectivity index (χ1n) is 6.80. The quantitative estimate of drug-likeness (QED) is 0.699. The average molecular weight is 268 g/mol. The lowest BCUT2D eigenvalue weighted by atomic mass is 9.64. The van der Waals surface area contributed by atoms with E-state index in [0.29, 0.717) is 19.6 Å². The summed E-state index contributed by atoms with van der Waals surface area (Å²) in [6.45, 7) is 0.939. The van der Waals surface area contributed by atoms with Gasteiger partial charge < -0.3 is 19.3 Å². The van der Waals surface area contributed by atoms with Crippen LogP contribution in [0.15, 0.2) is 0 Å². The minimum absolute atomic E-state index is 0.123.